The zero-order chi connectivity index (χ0) is 5.86. The molecule has 0 fully saturated rings. The third-order valence-corrected chi connectivity index (χ3v) is 0.367. The molecule has 0 aliphatic heterocycles. The molecular weight excluding hydrogens is 88.1 g/mol. The van der Waals surface area contributed by atoms with Gasteiger partial charge in [0.1, 0.15) is 0 Å². The summed E-state index contributed by atoms with van der Waals surface area (Å²) in [5, 5.41) is 0. The minimum Gasteiger partial charge on any atom is -0.387 e. The maximum atomic E-state index is 5.18. The fourth-order valence-corrected chi connectivity index (χ4v) is 0.301. The number of nitrogens with two attached hydrogens (primary N) is 1. The molecule has 2 nitrogen and oxygen atoms in total. The first-order chi connectivity index (χ1) is 3.13. The van der Waals surface area contributed by atoms with Crippen molar-refractivity contribution in [1.82, 2.24) is 0 Å². The molecule has 0 aliphatic carbocycles. The van der Waals surface area contributed by atoms with Crippen molar-refractivity contribution in [3.05, 3.63) is 12.3 Å². The normalized spacial score (nSPS) is 11.4. The monoisotopic (exact) mass is 98.1 g/mol. The van der Waals surface area contributed by atoms with Crippen molar-refractivity contribution in [3.63, 3.8) is 0 Å². The Balaban J connectivity index is 3.68. The van der Waals surface area contributed by atoms with E-state index in [0.29, 0.717) is 5.84 Å². The van der Waals surface area contributed by atoms with Crippen LogP contribution in [-0.4, -0.2) is 5.84 Å². The van der Waals surface area contributed by atoms with Crippen LogP contribution in [0.15, 0.2) is 17.3 Å². The van der Waals surface area contributed by atoms with Gasteiger partial charge in [-0.15, -0.1) is 0 Å². The second kappa shape index (κ2) is 2.39. The van der Waals surface area contributed by atoms with E-state index < -0.39 is 0 Å². The number of allylic oxidation sites excluding steroid dienone is 1. The average Bonchev–Trinajstić information content (AvgIpc) is 1.27. The third kappa shape index (κ3) is 5.21. The highest BCUT2D eigenvalue weighted by molar-refractivity contribution is 5.78. The molecule has 0 saturated heterocycles. The smallest absolute Gasteiger partial charge is 0.0960 e. The Bertz CT molecular complexity index is 98.6. The number of amidine groups is 1. The molecule has 0 rings (SSSR count). The SMILES string of the molecule is C=C(C)/N=C(\C)N. The summed E-state index contributed by atoms with van der Waals surface area (Å²) in [7, 11) is 0. The van der Waals surface area contributed by atoms with E-state index in [9.17, 15) is 0 Å². The summed E-state index contributed by atoms with van der Waals surface area (Å²) in [5.41, 5.74) is 5.93. The Morgan fingerprint density at radius 3 is 2.00 bits per heavy atom. The van der Waals surface area contributed by atoms with Gasteiger partial charge in [-0.1, -0.05) is 6.58 Å². The zero-order valence-corrected chi connectivity index (χ0v) is 4.73. The molecule has 40 valence electrons. The van der Waals surface area contributed by atoms with Crippen LogP contribution < -0.4 is 5.73 Å². The largest absolute Gasteiger partial charge is 0.387 e. The fourth-order valence-electron chi connectivity index (χ4n) is 0.301. The van der Waals surface area contributed by atoms with Gasteiger partial charge in [0, 0.05) is 5.70 Å². The number of hydrogen-bond acceptors (Lipinski definition) is 1. The molecule has 0 aromatic heterocycles. The van der Waals surface area contributed by atoms with Gasteiger partial charge in [-0.05, 0) is 13.8 Å². The predicted molar refractivity (Wildman–Crippen MR) is 32.1 cm³/mol. The van der Waals surface area contributed by atoms with E-state index in [0.717, 1.165) is 5.70 Å². The van der Waals surface area contributed by atoms with Gasteiger partial charge in [-0.3, -0.25) is 0 Å². The lowest BCUT2D eigenvalue weighted by Gasteiger charge is -1.86. The van der Waals surface area contributed by atoms with E-state index >= 15 is 0 Å². The van der Waals surface area contributed by atoms with Crippen LogP contribution in [0.4, 0.5) is 0 Å². The molecule has 0 amide bonds. The number of hydrogen-bond donors (Lipinski definition) is 1. The summed E-state index contributed by atoms with van der Waals surface area (Å²) in [5.74, 6) is 0.563. The van der Waals surface area contributed by atoms with Crippen LogP contribution >= 0.6 is 0 Å². The lowest BCUT2D eigenvalue weighted by Crippen LogP contribution is -2.04. The number of nitrogens with zero attached hydrogens (tertiary/aromatic N) is 1. The summed E-state index contributed by atoms with van der Waals surface area (Å²) in [6.07, 6.45) is 0. The Kier molecular flexibility index (Phi) is 2.12. The van der Waals surface area contributed by atoms with Crippen molar-refractivity contribution in [2.24, 2.45) is 10.7 Å². The molecule has 7 heavy (non-hydrogen) atoms. The van der Waals surface area contributed by atoms with Crippen molar-refractivity contribution in [3.8, 4) is 0 Å². The van der Waals surface area contributed by atoms with E-state index in [1.54, 1.807) is 13.8 Å². The van der Waals surface area contributed by atoms with Gasteiger partial charge >= 0.3 is 0 Å². The van der Waals surface area contributed by atoms with Crippen molar-refractivity contribution < 1.29 is 0 Å². The molecule has 0 heterocycles. The minimum atomic E-state index is 0.563. The highest BCUT2D eigenvalue weighted by atomic mass is 14.8. The molecule has 0 unspecified atom stereocenters. The first kappa shape index (κ1) is 6.21. The first-order valence-electron chi connectivity index (χ1n) is 2.09. The molecule has 2 N–H and O–H groups in total. The van der Waals surface area contributed by atoms with E-state index in [1.165, 1.54) is 0 Å². The van der Waals surface area contributed by atoms with Crippen LogP contribution in [0.1, 0.15) is 13.8 Å². The maximum Gasteiger partial charge on any atom is 0.0960 e. The summed E-state index contributed by atoms with van der Waals surface area (Å²) in [6.45, 7) is 7.06. The van der Waals surface area contributed by atoms with Gasteiger partial charge in [0.25, 0.3) is 0 Å². The fraction of sp³-hybridized carbons (Fsp3) is 0.400. The molecule has 0 aromatic carbocycles. The molecule has 0 saturated carbocycles. The van der Waals surface area contributed by atoms with Crippen molar-refractivity contribution >= 4 is 5.84 Å². The van der Waals surface area contributed by atoms with E-state index in [4.69, 9.17) is 5.73 Å². The Morgan fingerprint density at radius 1 is 1.57 bits per heavy atom. The van der Waals surface area contributed by atoms with E-state index in [-0.39, 0.29) is 0 Å². The van der Waals surface area contributed by atoms with E-state index in [1.807, 2.05) is 0 Å². The molecule has 0 aliphatic rings. The van der Waals surface area contributed by atoms with Crippen molar-refractivity contribution in [2.75, 3.05) is 0 Å². The number of aliphatic imine (C=N–C) groups is 1. The molecule has 0 aromatic rings. The average molecular weight is 98.1 g/mol. The van der Waals surface area contributed by atoms with Gasteiger partial charge in [0.15, 0.2) is 0 Å². The summed E-state index contributed by atoms with van der Waals surface area (Å²) in [4.78, 5) is 3.78. The summed E-state index contributed by atoms with van der Waals surface area (Å²) in [6, 6.07) is 0. The highest BCUT2D eigenvalue weighted by Crippen LogP contribution is 1.85. The van der Waals surface area contributed by atoms with Crippen LogP contribution in [0, 0.1) is 0 Å². The molecule has 2 heteroatoms. The Hall–Kier alpha value is -0.790. The molecule has 0 bridgehead atoms. The Morgan fingerprint density at radius 2 is 2.00 bits per heavy atom. The minimum absolute atomic E-state index is 0.563. The van der Waals surface area contributed by atoms with Crippen LogP contribution in [-0.2, 0) is 0 Å². The summed E-state index contributed by atoms with van der Waals surface area (Å²) < 4.78 is 0. The Labute approximate surface area is 43.7 Å². The maximum absolute atomic E-state index is 5.18. The van der Waals surface area contributed by atoms with Gasteiger partial charge in [-0.25, -0.2) is 4.99 Å². The second-order valence-electron chi connectivity index (χ2n) is 1.49. The topological polar surface area (TPSA) is 38.4 Å². The second-order valence-corrected chi connectivity index (χ2v) is 1.49. The highest BCUT2D eigenvalue weighted by Gasteiger charge is 1.74. The quantitative estimate of drug-likeness (QED) is 0.384. The third-order valence-electron chi connectivity index (χ3n) is 0.367. The van der Waals surface area contributed by atoms with Crippen molar-refractivity contribution in [2.45, 2.75) is 13.8 Å². The first-order valence-corrected chi connectivity index (χ1v) is 2.09. The zero-order valence-electron chi connectivity index (χ0n) is 4.73. The summed E-state index contributed by atoms with van der Waals surface area (Å²) >= 11 is 0. The van der Waals surface area contributed by atoms with Crippen LogP contribution in [0.2, 0.25) is 0 Å². The van der Waals surface area contributed by atoms with Gasteiger partial charge < -0.3 is 5.73 Å². The lowest BCUT2D eigenvalue weighted by atomic mass is 10.6. The molecule has 0 atom stereocenters. The van der Waals surface area contributed by atoms with Gasteiger partial charge in [0.2, 0.25) is 0 Å². The van der Waals surface area contributed by atoms with Gasteiger partial charge in [0.05, 0.1) is 5.84 Å². The number of rotatable bonds is 1. The van der Waals surface area contributed by atoms with Gasteiger partial charge in [-0.2, -0.15) is 0 Å². The standard InChI is InChI=1S/C5H10N2/c1-4(2)7-5(3)6/h1H2,2-3H3,(H2,6,7). The molecule has 0 radical (unpaired) electrons. The lowest BCUT2D eigenvalue weighted by molar-refractivity contribution is 1.30. The molecular formula is C5H10N2. The van der Waals surface area contributed by atoms with Crippen LogP contribution in [0.3, 0.4) is 0 Å². The van der Waals surface area contributed by atoms with Crippen molar-refractivity contribution in [1.29, 1.82) is 0 Å². The molecule has 0 spiro atoms. The van der Waals surface area contributed by atoms with Crippen LogP contribution in [0.25, 0.3) is 0 Å². The predicted octanol–water partition coefficient (Wildman–Crippen LogP) is 0.897. The van der Waals surface area contributed by atoms with Crippen LogP contribution in [0.5, 0.6) is 0 Å². The van der Waals surface area contributed by atoms with E-state index in [2.05, 4.69) is 11.6 Å².